The Morgan fingerprint density at radius 3 is 2.28 bits per heavy atom. The molecule has 0 bridgehead atoms. The lowest BCUT2D eigenvalue weighted by Gasteiger charge is -2.42. The van der Waals surface area contributed by atoms with E-state index in [1.807, 2.05) is 20.8 Å². The zero-order valence-corrected chi connectivity index (χ0v) is 13.3. The molecular formula is C12H18BrN3OS. The highest BCUT2D eigenvalue weighted by Crippen LogP contribution is 2.41. The number of nitrogens with one attached hydrogen (secondary N) is 1. The second-order valence-electron chi connectivity index (χ2n) is 5.64. The van der Waals surface area contributed by atoms with Crippen LogP contribution >= 0.6 is 15.9 Å². The quantitative estimate of drug-likeness (QED) is 0.865. The molecule has 1 saturated carbocycles. The minimum atomic E-state index is -1.10. The largest absolute Gasteiger partial charge is 0.598 e. The Labute approximate surface area is 119 Å². The predicted molar refractivity (Wildman–Crippen MR) is 76.3 cm³/mol. The van der Waals surface area contributed by atoms with Crippen LogP contribution in [0.2, 0.25) is 0 Å². The van der Waals surface area contributed by atoms with E-state index >= 15 is 0 Å². The molecule has 4 nitrogen and oxygen atoms in total. The highest BCUT2D eigenvalue weighted by Gasteiger charge is 2.47. The van der Waals surface area contributed by atoms with Crippen molar-refractivity contribution in [1.82, 2.24) is 14.7 Å². The molecule has 0 saturated heterocycles. The summed E-state index contributed by atoms with van der Waals surface area (Å²) < 4.78 is 16.1. The molecule has 1 fully saturated rings. The summed E-state index contributed by atoms with van der Waals surface area (Å²) in [5.74, 6) is 0.745. The molecule has 1 aliphatic rings. The number of hydrogen-bond donors (Lipinski definition) is 1. The molecule has 1 N–H and O–H groups in total. The summed E-state index contributed by atoms with van der Waals surface area (Å²) in [7, 11) is 0. The van der Waals surface area contributed by atoms with E-state index in [0.29, 0.717) is 0 Å². The molecule has 100 valence electrons. The molecule has 1 aromatic rings. The van der Waals surface area contributed by atoms with E-state index in [-0.39, 0.29) is 10.3 Å². The summed E-state index contributed by atoms with van der Waals surface area (Å²) in [4.78, 5) is 8.71. The Morgan fingerprint density at radius 1 is 1.33 bits per heavy atom. The van der Waals surface area contributed by atoms with Crippen LogP contribution in [0.1, 0.15) is 45.9 Å². The fraction of sp³-hybridized carbons (Fsp3) is 0.667. The van der Waals surface area contributed by atoms with Gasteiger partial charge in [-0.3, -0.25) is 0 Å². The van der Waals surface area contributed by atoms with Crippen molar-refractivity contribution in [3.05, 3.63) is 22.7 Å². The van der Waals surface area contributed by atoms with Gasteiger partial charge in [-0.25, -0.2) is 9.97 Å². The van der Waals surface area contributed by atoms with Gasteiger partial charge in [0.25, 0.3) is 0 Å². The van der Waals surface area contributed by atoms with E-state index in [1.54, 1.807) is 12.4 Å². The van der Waals surface area contributed by atoms with E-state index < -0.39 is 11.4 Å². The van der Waals surface area contributed by atoms with Crippen molar-refractivity contribution < 1.29 is 4.55 Å². The first-order valence-corrected chi connectivity index (χ1v) is 7.95. The molecule has 18 heavy (non-hydrogen) atoms. The van der Waals surface area contributed by atoms with Crippen LogP contribution in [0.15, 0.2) is 16.9 Å². The minimum Gasteiger partial charge on any atom is -0.598 e. The molecule has 0 aromatic carbocycles. The van der Waals surface area contributed by atoms with Crippen molar-refractivity contribution in [2.75, 3.05) is 0 Å². The van der Waals surface area contributed by atoms with Gasteiger partial charge in [0, 0.05) is 23.8 Å². The van der Waals surface area contributed by atoms with E-state index in [2.05, 4.69) is 30.6 Å². The van der Waals surface area contributed by atoms with Gasteiger partial charge in [0.1, 0.15) is 10.3 Å². The van der Waals surface area contributed by atoms with Crippen molar-refractivity contribution in [3.8, 4) is 0 Å². The Balaban J connectivity index is 2.18. The first-order valence-electron chi connectivity index (χ1n) is 6.01. The van der Waals surface area contributed by atoms with Gasteiger partial charge in [-0.15, -0.1) is 4.72 Å². The van der Waals surface area contributed by atoms with Crippen LogP contribution in [0, 0.1) is 0 Å². The fourth-order valence-electron chi connectivity index (χ4n) is 1.79. The summed E-state index contributed by atoms with van der Waals surface area (Å²) >= 11 is 2.23. The molecule has 1 aliphatic carbocycles. The fourth-order valence-corrected chi connectivity index (χ4v) is 2.95. The third-order valence-corrected chi connectivity index (χ3v) is 5.20. The SMILES string of the molecule is CC(C)(C)[S@@+]([O-])NC1(c2ncc(Br)cn2)CCC1. The van der Waals surface area contributed by atoms with E-state index in [0.717, 1.165) is 29.6 Å². The van der Waals surface area contributed by atoms with Gasteiger partial charge in [-0.05, 0) is 56.0 Å². The predicted octanol–water partition coefficient (Wildman–Crippen LogP) is 2.67. The average molecular weight is 332 g/mol. The average Bonchev–Trinajstić information content (AvgIpc) is 2.23. The van der Waals surface area contributed by atoms with Gasteiger partial charge in [0.2, 0.25) is 0 Å². The molecule has 0 aliphatic heterocycles. The van der Waals surface area contributed by atoms with Crippen molar-refractivity contribution in [2.24, 2.45) is 0 Å². The Morgan fingerprint density at radius 2 is 1.89 bits per heavy atom. The van der Waals surface area contributed by atoms with Gasteiger partial charge >= 0.3 is 0 Å². The lowest BCUT2D eigenvalue weighted by atomic mass is 9.77. The van der Waals surface area contributed by atoms with Crippen molar-refractivity contribution in [2.45, 2.75) is 50.3 Å². The molecule has 2 rings (SSSR count). The second-order valence-corrected chi connectivity index (χ2v) is 8.53. The van der Waals surface area contributed by atoms with E-state index in [9.17, 15) is 4.55 Å². The van der Waals surface area contributed by atoms with Crippen molar-refractivity contribution >= 4 is 27.3 Å². The monoisotopic (exact) mass is 331 g/mol. The van der Waals surface area contributed by atoms with Crippen LogP contribution in [-0.2, 0) is 16.9 Å². The molecule has 6 heteroatoms. The van der Waals surface area contributed by atoms with Gasteiger partial charge in [-0.1, -0.05) is 0 Å². The molecule has 0 radical (unpaired) electrons. The number of rotatable bonds is 3. The number of aromatic nitrogens is 2. The Kier molecular flexibility index (Phi) is 4.02. The number of nitrogens with zero attached hydrogens (tertiary/aromatic N) is 2. The smallest absolute Gasteiger partial charge is 0.152 e. The van der Waals surface area contributed by atoms with Crippen LogP contribution in [0.4, 0.5) is 0 Å². The zero-order valence-electron chi connectivity index (χ0n) is 10.9. The zero-order chi connectivity index (χ0) is 13.4. The van der Waals surface area contributed by atoms with Gasteiger partial charge in [0.15, 0.2) is 5.82 Å². The van der Waals surface area contributed by atoms with Crippen LogP contribution in [0.25, 0.3) is 0 Å². The lowest BCUT2D eigenvalue weighted by molar-refractivity contribution is 0.208. The minimum absolute atomic E-state index is 0.280. The van der Waals surface area contributed by atoms with Crippen LogP contribution in [-0.4, -0.2) is 19.3 Å². The summed E-state index contributed by atoms with van der Waals surface area (Å²) in [6.45, 7) is 5.89. The summed E-state index contributed by atoms with van der Waals surface area (Å²) in [6, 6.07) is 0. The van der Waals surface area contributed by atoms with Crippen LogP contribution < -0.4 is 4.72 Å². The second kappa shape index (κ2) is 5.07. The van der Waals surface area contributed by atoms with Gasteiger partial charge in [-0.2, -0.15) is 0 Å². The van der Waals surface area contributed by atoms with Crippen LogP contribution in [0.5, 0.6) is 0 Å². The van der Waals surface area contributed by atoms with Crippen LogP contribution in [0.3, 0.4) is 0 Å². The van der Waals surface area contributed by atoms with Crippen molar-refractivity contribution in [3.63, 3.8) is 0 Å². The maximum absolute atomic E-state index is 12.2. The Hall–Kier alpha value is -0.170. The maximum Gasteiger partial charge on any atom is 0.152 e. The van der Waals surface area contributed by atoms with Crippen molar-refractivity contribution in [1.29, 1.82) is 0 Å². The lowest BCUT2D eigenvalue weighted by Crippen LogP contribution is -2.55. The molecule has 0 unspecified atom stereocenters. The van der Waals surface area contributed by atoms with E-state index in [4.69, 9.17) is 0 Å². The molecule has 1 atom stereocenters. The first kappa shape index (κ1) is 14.2. The third-order valence-electron chi connectivity index (χ3n) is 3.10. The molecule has 0 amide bonds. The standard InChI is InChI=1S/C12H18BrN3OS/c1-11(2,3)18(17)16-12(5-4-6-12)10-14-7-9(13)8-15-10/h7-8,16H,4-6H2,1-3H3/t18-/m1/s1. The number of halogens is 1. The summed E-state index contributed by atoms with van der Waals surface area (Å²) in [5.41, 5.74) is -0.307. The maximum atomic E-state index is 12.2. The highest BCUT2D eigenvalue weighted by molar-refractivity contribution is 9.10. The summed E-state index contributed by atoms with van der Waals surface area (Å²) in [5, 5.41) is 0. The first-order chi connectivity index (χ1) is 8.33. The topological polar surface area (TPSA) is 60.9 Å². The highest BCUT2D eigenvalue weighted by atomic mass is 79.9. The van der Waals surface area contributed by atoms with Gasteiger partial charge < -0.3 is 4.55 Å². The summed E-state index contributed by atoms with van der Waals surface area (Å²) in [6.07, 6.45) is 6.48. The molecular weight excluding hydrogens is 314 g/mol. The normalized spacial score (nSPS) is 20.3. The van der Waals surface area contributed by atoms with Gasteiger partial charge in [0.05, 0.1) is 4.47 Å². The van der Waals surface area contributed by atoms with E-state index in [1.165, 1.54) is 0 Å². The molecule has 0 spiro atoms. The number of hydrogen-bond acceptors (Lipinski definition) is 4. The Bertz CT molecular complexity index is 414. The third kappa shape index (κ3) is 2.87. The molecule has 1 aromatic heterocycles. The molecule has 1 heterocycles.